The lowest BCUT2D eigenvalue weighted by Crippen LogP contribution is -2.42. The Bertz CT molecular complexity index is 433. The van der Waals surface area contributed by atoms with Gasteiger partial charge in [0.2, 0.25) is 5.91 Å². The maximum atomic E-state index is 12.1. The van der Waals surface area contributed by atoms with Gasteiger partial charge in [0.25, 0.3) is 0 Å². The van der Waals surface area contributed by atoms with Gasteiger partial charge in [-0.1, -0.05) is 32.0 Å². The number of aryl methyl sites for hydroxylation is 1. The van der Waals surface area contributed by atoms with Crippen molar-refractivity contribution >= 4 is 11.6 Å². The second-order valence-corrected chi connectivity index (χ2v) is 6.33. The predicted octanol–water partition coefficient (Wildman–Crippen LogP) is 2.50. The van der Waals surface area contributed by atoms with Gasteiger partial charge in [-0.15, -0.1) is 0 Å². The summed E-state index contributed by atoms with van der Waals surface area (Å²) in [5.41, 5.74) is 1.97. The number of anilines is 1. The molecule has 0 aliphatic rings. The van der Waals surface area contributed by atoms with Gasteiger partial charge >= 0.3 is 0 Å². The van der Waals surface area contributed by atoms with Crippen molar-refractivity contribution in [2.45, 2.75) is 33.2 Å². The van der Waals surface area contributed by atoms with Crippen LogP contribution in [0.5, 0.6) is 0 Å². The van der Waals surface area contributed by atoms with E-state index in [1.54, 1.807) is 0 Å². The van der Waals surface area contributed by atoms with Crippen LogP contribution in [0.2, 0.25) is 0 Å². The van der Waals surface area contributed by atoms with Crippen molar-refractivity contribution in [1.29, 1.82) is 0 Å². The van der Waals surface area contributed by atoms with E-state index in [1.165, 1.54) is 0 Å². The lowest BCUT2D eigenvalue weighted by Gasteiger charge is -2.24. The molecule has 0 heterocycles. The summed E-state index contributed by atoms with van der Waals surface area (Å²) < 4.78 is 0. The third-order valence-corrected chi connectivity index (χ3v) is 3.31. The van der Waals surface area contributed by atoms with Crippen molar-refractivity contribution in [3.8, 4) is 0 Å². The molecule has 21 heavy (non-hydrogen) atoms. The normalized spacial score (nSPS) is 12.7. The number of amides is 1. The highest BCUT2D eigenvalue weighted by Crippen LogP contribution is 2.12. The Balaban J connectivity index is 2.47. The number of nitrogens with one attached hydrogen (secondary N) is 2. The summed E-state index contributed by atoms with van der Waals surface area (Å²) in [6, 6.07) is 8.17. The first kappa shape index (κ1) is 17.7. The van der Waals surface area contributed by atoms with Gasteiger partial charge in [-0.3, -0.25) is 4.79 Å². The fourth-order valence-electron chi connectivity index (χ4n) is 2.38. The van der Waals surface area contributed by atoms with E-state index in [0.717, 1.165) is 24.2 Å². The first-order valence-corrected chi connectivity index (χ1v) is 7.62. The molecule has 2 N–H and O–H groups in total. The summed E-state index contributed by atoms with van der Waals surface area (Å²) in [7, 11) is 4.12. The van der Waals surface area contributed by atoms with Gasteiger partial charge in [0, 0.05) is 18.3 Å². The van der Waals surface area contributed by atoms with Gasteiger partial charge in [0.1, 0.15) is 0 Å². The average Bonchev–Trinajstić information content (AvgIpc) is 2.37. The van der Waals surface area contributed by atoms with Crippen molar-refractivity contribution < 1.29 is 4.79 Å². The van der Waals surface area contributed by atoms with Crippen LogP contribution in [0.15, 0.2) is 24.3 Å². The average molecular weight is 291 g/mol. The van der Waals surface area contributed by atoms with Crippen molar-refractivity contribution in [2.24, 2.45) is 5.92 Å². The van der Waals surface area contributed by atoms with E-state index in [9.17, 15) is 4.79 Å². The lowest BCUT2D eigenvalue weighted by atomic mass is 10.0. The Morgan fingerprint density at radius 1 is 1.24 bits per heavy atom. The molecule has 4 heteroatoms. The van der Waals surface area contributed by atoms with Crippen LogP contribution < -0.4 is 10.6 Å². The number of benzene rings is 1. The molecule has 4 nitrogen and oxygen atoms in total. The third-order valence-electron chi connectivity index (χ3n) is 3.31. The molecule has 0 aliphatic heterocycles. The smallest absolute Gasteiger partial charge is 0.238 e. The molecule has 0 saturated carbocycles. The highest BCUT2D eigenvalue weighted by molar-refractivity contribution is 5.92. The molecule has 0 aromatic heterocycles. The molecular weight excluding hydrogens is 262 g/mol. The van der Waals surface area contributed by atoms with E-state index in [-0.39, 0.29) is 5.91 Å². The zero-order valence-electron chi connectivity index (χ0n) is 13.9. The summed E-state index contributed by atoms with van der Waals surface area (Å²) >= 11 is 0. The molecule has 1 aromatic rings. The van der Waals surface area contributed by atoms with Crippen molar-refractivity contribution in [3.63, 3.8) is 0 Å². The number of nitrogens with zero attached hydrogens (tertiary/aromatic N) is 1. The van der Waals surface area contributed by atoms with Crippen LogP contribution in [0, 0.1) is 12.8 Å². The molecule has 1 amide bonds. The van der Waals surface area contributed by atoms with Gasteiger partial charge in [-0.05, 0) is 45.0 Å². The Morgan fingerprint density at radius 3 is 2.48 bits per heavy atom. The molecule has 1 aromatic carbocycles. The molecule has 0 bridgehead atoms. The van der Waals surface area contributed by atoms with Crippen LogP contribution in [0.25, 0.3) is 0 Å². The quantitative estimate of drug-likeness (QED) is 0.773. The van der Waals surface area contributed by atoms with E-state index in [2.05, 4.69) is 43.5 Å². The molecule has 1 rings (SSSR count). The summed E-state index contributed by atoms with van der Waals surface area (Å²) in [5.74, 6) is 0.624. The maximum Gasteiger partial charge on any atom is 0.238 e. The van der Waals surface area contributed by atoms with Gasteiger partial charge in [-0.2, -0.15) is 0 Å². The minimum atomic E-state index is 0.0109. The third kappa shape index (κ3) is 7.25. The number of carbonyl (C=O) groups excluding carboxylic acids is 1. The van der Waals surface area contributed by atoms with E-state index in [0.29, 0.717) is 18.5 Å². The number of para-hydroxylation sites is 1. The van der Waals surface area contributed by atoms with Gasteiger partial charge < -0.3 is 15.5 Å². The minimum absolute atomic E-state index is 0.0109. The molecule has 1 unspecified atom stereocenters. The van der Waals surface area contributed by atoms with Gasteiger partial charge in [-0.25, -0.2) is 0 Å². The highest BCUT2D eigenvalue weighted by Gasteiger charge is 2.13. The van der Waals surface area contributed by atoms with Crippen molar-refractivity contribution in [1.82, 2.24) is 10.2 Å². The number of hydrogen-bond donors (Lipinski definition) is 2. The van der Waals surface area contributed by atoms with E-state index >= 15 is 0 Å². The summed E-state index contributed by atoms with van der Waals surface area (Å²) in [6.07, 6.45) is 1.07. The number of carbonyl (C=O) groups is 1. The first-order chi connectivity index (χ1) is 9.88. The molecule has 0 spiro atoms. The molecule has 118 valence electrons. The minimum Gasteiger partial charge on any atom is -0.325 e. The molecule has 0 aliphatic carbocycles. The first-order valence-electron chi connectivity index (χ1n) is 7.62. The van der Waals surface area contributed by atoms with E-state index < -0.39 is 0 Å². The second-order valence-electron chi connectivity index (χ2n) is 6.33. The monoisotopic (exact) mass is 291 g/mol. The summed E-state index contributed by atoms with van der Waals surface area (Å²) in [4.78, 5) is 14.2. The number of rotatable bonds is 8. The lowest BCUT2D eigenvalue weighted by molar-refractivity contribution is -0.115. The van der Waals surface area contributed by atoms with Crippen LogP contribution in [-0.2, 0) is 4.79 Å². The van der Waals surface area contributed by atoms with Crippen molar-refractivity contribution in [2.75, 3.05) is 32.5 Å². The van der Waals surface area contributed by atoms with E-state index in [1.807, 2.05) is 31.2 Å². The zero-order chi connectivity index (χ0) is 15.8. The van der Waals surface area contributed by atoms with Crippen LogP contribution in [-0.4, -0.2) is 44.0 Å². The Kier molecular flexibility index (Phi) is 7.40. The Morgan fingerprint density at radius 2 is 1.90 bits per heavy atom. The fourth-order valence-corrected chi connectivity index (χ4v) is 2.38. The SMILES string of the molecule is Cc1ccccc1NC(=O)CNC(CC(C)C)CN(C)C. The molecule has 1 atom stereocenters. The fraction of sp³-hybridized carbons (Fsp3) is 0.588. The van der Waals surface area contributed by atoms with Gasteiger partial charge in [0.05, 0.1) is 6.54 Å². The number of likely N-dealkylation sites (N-methyl/N-ethyl adjacent to an activating group) is 1. The standard InChI is InChI=1S/C17H29N3O/c1-13(2)10-15(12-20(4)5)18-11-17(21)19-16-9-7-6-8-14(16)3/h6-9,13,15,18H,10-12H2,1-5H3,(H,19,21). The maximum absolute atomic E-state index is 12.1. The van der Waals surface area contributed by atoms with E-state index in [4.69, 9.17) is 0 Å². The van der Waals surface area contributed by atoms with Crippen molar-refractivity contribution in [3.05, 3.63) is 29.8 Å². The number of hydrogen-bond acceptors (Lipinski definition) is 3. The predicted molar refractivity (Wildman–Crippen MR) is 89.6 cm³/mol. The largest absolute Gasteiger partial charge is 0.325 e. The Labute approximate surface area is 128 Å². The molecule has 0 saturated heterocycles. The summed E-state index contributed by atoms with van der Waals surface area (Å²) in [5, 5.41) is 6.33. The van der Waals surface area contributed by atoms with Crippen LogP contribution >= 0.6 is 0 Å². The Hall–Kier alpha value is -1.39. The summed E-state index contributed by atoms with van der Waals surface area (Å²) in [6.45, 7) is 7.70. The molecular formula is C17H29N3O. The molecule has 0 fully saturated rings. The van der Waals surface area contributed by atoms with Gasteiger partial charge in [0.15, 0.2) is 0 Å². The highest BCUT2D eigenvalue weighted by atomic mass is 16.1. The zero-order valence-corrected chi connectivity index (χ0v) is 13.9. The van der Waals surface area contributed by atoms with Crippen LogP contribution in [0.3, 0.4) is 0 Å². The molecule has 0 radical (unpaired) electrons. The second kappa shape index (κ2) is 8.80. The topological polar surface area (TPSA) is 44.4 Å². The van der Waals surface area contributed by atoms with Crippen LogP contribution in [0.4, 0.5) is 5.69 Å². The van der Waals surface area contributed by atoms with Crippen LogP contribution in [0.1, 0.15) is 25.8 Å².